The van der Waals surface area contributed by atoms with Crippen LogP contribution in [0.15, 0.2) is 11.1 Å². The van der Waals surface area contributed by atoms with Crippen molar-refractivity contribution < 1.29 is 9.47 Å². The molecule has 7 nitrogen and oxygen atoms in total. The topological polar surface area (TPSA) is 72.7 Å². The zero-order valence-electron chi connectivity index (χ0n) is 16.5. The molecule has 0 amide bonds. The molecule has 1 aromatic heterocycles. The van der Waals surface area contributed by atoms with E-state index in [4.69, 9.17) is 9.47 Å². The first kappa shape index (κ1) is 21.4. The third-order valence-electron chi connectivity index (χ3n) is 3.68. The molecule has 1 heterocycles. The Hall–Kier alpha value is -1.60. The van der Waals surface area contributed by atoms with Gasteiger partial charge in [-0.2, -0.15) is 5.10 Å². The first-order valence-corrected chi connectivity index (χ1v) is 9.16. The summed E-state index contributed by atoms with van der Waals surface area (Å²) < 4.78 is 12.5. The molecule has 1 aromatic rings. The average molecular weight is 354 g/mol. The lowest BCUT2D eigenvalue weighted by atomic mass is 10.2. The Bertz CT molecular complexity index is 502. The number of methoxy groups -OCH3 is 1. The number of hydrogen-bond acceptors (Lipinski definition) is 4. The Morgan fingerprint density at radius 3 is 2.72 bits per heavy atom. The normalized spacial score (nSPS) is 13.1. The van der Waals surface area contributed by atoms with E-state index in [1.807, 2.05) is 6.92 Å². The fourth-order valence-electron chi connectivity index (χ4n) is 2.43. The van der Waals surface area contributed by atoms with E-state index >= 15 is 0 Å². The Morgan fingerprint density at radius 1 is 1.28 bits per heavy atom. The molecule has 0 saturated heterocycles. The molecule has 1 rings (SSSR count). The quantitative estimate of drug-likeness (QED) is 0.340. The number of ether oxygens (including phenoxy) is 2. The molecule has 0 aliphatic rings. The van der Waals surface area contributed by atoms with Gasteiger partial charge in [-0.1, -0.05) is 6.92 Å². The zero-order chi connectivity index (χ0) is 18.5. The molecular formula is C18H35N5O2. The van der Waals surface area contributed by atoms with Crippen LogP contribution in [0, 0.1) is 19.8 Å². The van der Waals surface area contributed by atoms with Crippen LogP contribution in [0.25, 0.3) is 0 Å². The Balaban J connectivity index is 2.32. The highest BCUT2D eigenvalue weighted by atomic mass is 16.5. The van der Waals surface area contributed by atoms with Crippen LogP contribution in [0.4, 0.5) is 0 Å². The second-order valence-corrected chi connectivity index (χ2v) is 6.32. The van der Waals surface area contributed by atoms with Gasteiger partial charge in [0.2, 0.25) is 0 Å². The zero-order valence-corrected chi connectivity index (χ0v) is 16.5. The van der Waals surface area contributed by atoms with Crippen molar-refractivity contribution in [2.45, 2.75) is 40.7 Å². The number of guanidine groups is 1. The molecule has 2 N–H and O–H groups in total. The Labute approximate surface area is 152 Å². The lowest BCUT2D eigenvalue weighted by Crippen LogP contribution is -2.38. The summed E-state index contributed by atoms with van der Waals surface area (Å²) in [6, 6.07) is 2.11. The minimum atomic E-state index is 0.422. The number of hydrogen-bond donors (Lipinski definition) is 2. The van der Waals surface area contributed by atoms with Gasteiger partial charge in [-0.25, -0.2) is 0 Å². The molecule has 7 heteroatoms. The highest BCUT2D eigenvalue weighted by Gasteiger charge is 2.07. The van der Waals surface area contributed by atoms with Gasteiger partial charge in [-0.3, -0.25) is 9.67 Å². The second-order valence-electron chi connectivity index (χ2n) is 6.32. The predicted octanol–water partition coefficient (Wildman–Crippen LogP) is 1.74. The summed E-state index contributed by atoms with van der Waals surface area (Å²) in [5.41, 5.74) is 2.27. The van der Waals surface area contributed by atoms with Crippen molar-refractivity contribution in [2.24, 2.45) is 10.9 Å². The maximum absolute atomic E-state index is 5.46. The molecule has 25 heavy (non-hydrogen) atoms. The van der Waals surface area contributed by atoms with E-state index < -0.39 is 0 Å². The summed E-state index contributed by atoms with van der Waals surface area (Å²) in [6.45, 7) is 13.7. The SMILES string of the molecule is CCNC(=NCC(C)Cn1nc(C)cc1C)NCCCOCCOC. The van der Waals surface area contributed by atoms with Crippen LogP contribution >= 0.6 is 0 Å². The van der Waals surface area contributed by atoms with Crippen molar-refractivity contribution in [3.63, 3.8) is 0 Å². The Morgan fingerprint density at radius 2 is 2.08 bits per heavy atom. The fourth-order valence-corrected chi connectivity index (χ4v) is 2.43. The highest BCUT2D eigenvalue weighted by Crippen LogP contribution is 2.06. The fraction of sp³-hybridized carbons (Fsp3) is 0.778. The summed E-state index contributed by atoms with van der Waals surface area (Å²) in [6.07, 6.45) is 0.940. The molecule has 0 aliphatic carbocycles. The van der Waals surface area contributed by atoms with Gasteiger partial charge in [0, 0.05) is 45.6 Å². The standard InChI is InChI=1S/C18H35N5O2/c1-6-19-18(20-8-7-9-25-11-10-24-5)21-13-15(2)14-23-17(4)12-16(3)22-23/h12,15H,6-11,13-14H2,1-5H3,(H2,19,20,21). The molecule has 144 valence electrons. The average Bonchev–Trinajstić information content (AvgIpc) is 2.89. The van der Waals surface area contributed by atoms with Crippen molar-refractivity contribution >= 4 is 5.96 Å². The molecule has 0 radical (unpaired) electrons. The van der Waals surface area contributed by atoms with Crippen LogP contribution < -0.4 is 10.6 Å². The number of aryl methyl sites for hydroxylation is 2. The van der Waals surface area contributed by atoms with E-state index in [0.29, 0.717) is 19.1 Å². The van der Waals surface area contributed by atoms with Crippen molar-refractivity contribution in [2.75, 3.05) is 46.6 Å². The predicted molar refractivity (Wildman–Crippen MR) is 102 cm³/mol. The van der Waals surface area contributed by atoms with Crippen molar-refractivity contribution in [1.82, 2.24) is 20.4 Å². The van der Waals surface area contributed by atoms with Crippen molar-refractivity contribution in [1.29, 1.82) is 0 Å². The van der Waals surface area contributed by atoms with Crippen LogP contribution in [0.1, 0.15) is 31.7 Å². The summed E-state index contributed by atoms with van der Waals surface area (Å²) >= 11 is 0. The van der Waals surface area contributed by atoms with Crippen LogP contribution in [-0.2, 0) is 16.0 Å². The van der Waals surface area contributed by atoms with Crippen LogP contribution in [0.2, 0.25) is 0 Å². The summed E-state index contributed by atoms with van der Waals surface area (Å²) in [7, 11) is 1.68. The number of nitrogens with one attached hydrogen (secondary N) is 2. The monoisotopic (exact) mass is 353 g/mol. The molecule has 0 aromatic carbocycles. The molecular weight excluding hydrogens is 318 g/mol. The molecule has 0 spiro atoms. The summed E-state index contributed by atoms with van der Waals surface area (Å²) in [4.78, 5) is 4.69. The molecule has 1 unspecified atom stereocenters. The largest absolute Gasteiger partial charge is 0.382 e. The summed E-state index contributed by atoms with van der Waals surface area (Å²) in [5, 5.41) is 11.2. The number of aliphatic imine (C=N–C) groups is 1. The van der Waals surface area contributed by atoms with Gasteiger partial charge < -0.3 is 20.1 Å². The van der Waals surface area contributed by atoms with Crippen LogP contribution in [0.3, 0.4) is 0 Å². The molecule has 0 fully saturated rings. The van der Waals surface area contributed by atoms with Gasteiger partial charge in [-0.15, -0.1) is 0 Å². The smallest absolute Gasteiger partial charge is 0.191 e. The van der Waals surface area contributed by atoms with E-state index in [2.05, 4.69) is 52.2 Å². The minimum Gasteiger partial charge on any atom is -0.382 e. The van der Waals surface area contributed by atoms with Crippen LogP contribution in [-0.4, -0.2) is 62.3 Å². The number of aromatic nitrogens is 2. The number of rotatable bonds is 12. The first-order valence-electron chi connectivity index (χ1n) is 9.16. The van der Waals surface area contributed by atoms with Gasteiger partial charge >= 0.3 is 0 Å². The van der Waals surface area contributed by atoms with E-state index in [0.717, 1.165) is 50.9 Å². The Kier molecular flexibility index (Phi) is 10.9. The lowest BCUT2D eigenvalue weighted by molar-refractivity contribution is 0.0698. The first-order chi connectivity index (χ1) is 12.1. The maximum atomic E-state index is 5.46. The molecule has 0 aliphatic heterocycles. The highest BCUT2D eigenvalue weighted by molar-refractivity contribution is 5.79. The van der Waals surface area contributed by atoms with Crippen LogP contribution in [0.5, 0.6) is 0 Å². The van der Waals surface area contributed by atoms with E-state index in [1.165, 1.54) is 5.69 Å². The van der Waals surface area contributed by atoms with Gasteiger partial charge in [0.15, 0.2) is 5.96 Å². The number of nitrogens with zero attached hydrogens (tertiary/aromatic N) is 3. The van der Waals surface area contributed by atoms with Gasteiger partial charge in [0.05, 0.1) is 18.9 Å². The summed E-state index contributed by atoms with van der Waals surface area (Å²) in [5.74, 6) is 1.28. The maximum Gasteiger partial charge on any atom is 0.191 e. The third kappa shape index (κ3) is 9.45. The van der Waals surface area contributed by atoms with Crippen molar-refractivity contribution in [3.8, 4) is 0 Å². The molecule has 0 saturated carbocycles. The van der Waals surface area contributed by atoms with Crippen molar-refractivity contribution in [3.05, 3.63) is 17.5 Å². The van der Waals surface area contributed by atoms with E-state index in [1.54, 1.807) is 7.11 Å². The third-order valence-corrected chi connectivity index (χ3v) is 3.68. The van der Waals surface area contributed by atoms with Gasteiger partial charge in [0.25, 0.3) is 0 Å². The second kappa shape index (κ2) is 12.7. The molecule has 0 bridgehead atoms. The lowest BCUT2D eigenvalue weighted by Gasteiger charge is -2.14. The minimum absolute atomic E-state index is 0.422. The van der Waals surface area contributed by atoms with E-state index in [-0.39, 0.29) is 0 Å². The van der Waals surface area contributed by atoms with Gasteiger partial charge in [0.1, 0.15) is 0 Å². The molecule has 1 atom stereocenters. The van der Waals surface area contributed by atoms with E-state index in [9.17, 15) is 0 Å². The van der Waals surface area contributed by atoms with Gasteiger partial charge in [-0.05, 0) is 39.2 Å².